The first-order valence-corrected chi connectivity index (χ1v) is 6.85. The molecule has 1 aromatic carbocycles. The number of carboxylic acid groups (broad SMARTS) is 1. The Hall–Kier alpha value is -2.37. The van der Waals surface area contributed by atoms with Crippen molar-refractivity contribution in [3.05, 3.63) is 35.4 Å². The van der Waals surface area contributed by atoms with Crippen LogP contribution in [0.5, 0.6) is 0 Å². The molecule has 0 unspecified atom stereocenters. The molecule has 1 saturated heterocycles. The molecule has 1 heterocycles. The number of carbonyl (C=O) groups excluding carboxylic acids is 2. The standard InChI is InChI=1S/C15H18N2O4/c1-9(2)17-8-7-12(14(17)19)16-13(18)10-3-5-11(6-4-10)15(20)21/h3-6,9,12H,7-8H2,1-2H3,(H,16,18)(H,20,21)/t12-/m0/s1. The molecule has 1 aliphatic rings. The number of hydrogen-bond donors (Lipinski definition) is 2. The zero-order chi connectivity index (χ0) is 15.6. The molecule has 0 bridgehead atoms. The molecule has 6 nitrogen and oxygen atoms in total. The summed E-state index contributed by atoms with van der Waals surface area (Å²) in [6, 6.07) is 5.24. The van der Waals surface area contributed by atoms with Crippen LogP contribution in [0.1, 0.15) is 41.0 Å². The molecule has 0 spiro atoms. The molecule has 0 aromatic heterocycles. The van der Waals surface area contributed by atoms with Crippen LogP contribution in [0.2, 0.25) is 0 Å². The van der Waals surface area contributed by atoms with Crippen LogP contribution >= 0.6 is 0 Å². The van der Waals surface area contributed by atoms with Crippen molar-refractivity contribution in [2.75, 3.05) is 6.54 Å². The lowest BCUT2D eigenvalue weighted by atomic mass is 10.1. The third-order valence-corrected chi connectivity index (χ3v) is 3.56. The average Bonchev–Trinajstić information content (AvgIpc) is 2.80. The van der Waals surface area contributed by atoms with Gasteiger partial charge in [-0.15, -0.1) is 0 Å². The van der Waals surface area contributed by atoms with Crippen LogP contribution in [0.4, 0.5) is 0 Å². The van der Waals surface area contributed by atoms with Crippen molar-refractivity contribution in [2.45, 2.75) is 32.4 Å². The Morgan fingerprint density at radius 3 is 2.29 bits per heavy atom. The van der Waals surface area contributed by atoms with Crippen LogP contribution in [0.15, 0.2) is 24.3 Å². The van der Waals surface area contributed by atoms with E-state index in [0.717, 1.165) is 0 Å². The second kappa shape index (κ2) is 5.95. The minimum Gasteiger partial charge on any atom is -0.478 e. The van der Waals surface area contributed by atoms with Gasteiger partial charge in [0.25, 0.3) is 5.91 Å². The summed E-state index contributed by atoms with van der Waals surface area (Å²) in [5, 5.41) is 11.5. The van der Waals surface area contributed by atoms with E-state index < -0.39 is 12.0 Å². The Bertz CT molecular complexity index is 566. The van der Waals surface area contributed by atoms with Crippen molar-refractivity contribution in [1.82, 2.24) is 10.2 Å². The molecular formula is C15H18N2O4. The van der Waals surface area contributed by atoms with E-state index in [1.54, 1.807) is 4.90 Å². The minimum atomic E-state index is -1.04. The second-order valence-corrected chi connectivity index (χ2v) is 5.32. The summed E-state index contributed by atoms with van der Waals surface area (Å²) in [5.74, 6) is -1.48. The largest absolute Gasteiger partial charge is 0.478 e. The highest BCUT2D eigenvalue weighted by Gasteiger charge is 2.34. The maximum atomic E-state index is 12.1. The Kier molecular flexibility index (Phi) is 4.26. The summed E-state index contributed by atoms with van der Waals surface area (Å²) in [7, 11) is 0. The van der Waals surface area contributed by atoms with E-state index in [-0.39, 0.29) is 23.4 Å². The summed E-state index contributed by atoms with van der Waals surface area (Å²) in [4.78, 5) is 36.7. The van der Waals surface area contributed by atoms with Gasteiger partial charge in [-0.3, -0.25) is 9.59 Å². The number of rotatable bonds is 4. The minimum absolute atomic E-state index is 0.0690. The smallest absolute Gasteiger partial charge is 0.335 e. The summed E-state index contributed by atoms with van der Waals surface area (Å²) in [6.07, 6.45) is 0.593. The highest BCUT2D eigenvalue weighted by molar-refractivity contribution is 5.99. The van der Waals surface area contributed by atoms with Gasteiger partial charge in [0.2, 0.25) is 5.91 Å². The number of carboxylic acids is 1. The monoisotopic (exact) mass is 290 g/mol. The number of nitrogens with one attached hydrogen (secondary N) is 1. The molecule has 6 heteroatoms. The Morgan fingerprint density at radius 1 is 1.24 bits per heavy atom. The maximum Gasteiger partial charge on any atom is 0.335 e. The molecule has 2 amide bonds. The quantitative estimate of drug-likeness (QED) is 0.870. The third-order valence-electron chi connectivity index (χ3n) is 3.56. The summed E-state index contributed by atoms with van der Waals surface area (Å²) in [6.45, 7) is 4.51. The highest BCUT2D eigenvalue weighted by Crippen LogP contribution is 2.15. The molecule has 1 aromatic rings. The molecule has 1 atom stereocenters. The fourth-order valence-electron chi connectivity index (χ4n) is 2.35. The highest BCUT2D eigenvalue weighted by atomic mass is 16.4. The number of hydrogen-bond acceptors (Lipinski definition) is 3. The topological polar surface area (TPSA) is 86.7 Å². The fraction of sp³-hybridized carbons (Fsp3) is 0.400. The van der Waals surface area contributed by atoms with E-state index in [2.05, 4.69) is 5.32 Å². The maximum absolute atomic E-state index is 12.1. The van der Waals surface area contributed by atoms with Crippen LogP contribution in [0.3, 0.4) is 0 Å². The van der Waals surface area contributed by atoms with Gasteiger partial charge in [0.05, 0.1) is 5.56 Å². The zero-order valence-corrected chi connectivity index (χ0v) is 12.0. The van der Waals surface area contributed by atoms with Crippen molar-refractivity contribution in [3.63, 3.8) is 0 Å². The van der Waals surface area contributed by atoms with Crippen molar-refractivity contribution < 1.29 is 19.5 Å². The first-order chi connectivity index (χ1) is 9.90. The van der Waals surface area contributed by atoms with Gasteiger partial charge < -0.3 is 15.3 Å². The van der Waals surface area contributed by atoms with Crippen LogP contribution in [-0.4, -0.2) is 46.4 Å². The van der Waals surface area contributed by atoms with E-state index in [0.29, 0.717) is 18.5 Å². The Balaban J connectivity index is 2.02. The number of carbonyl (C=O) groups is 3. The third kappa shape index (κ3) is 3.21. The molecule has 2 N–H and O–H groups in total. The van der Waals surface area contributed by atoms with E-state index >= 15 is 0 Å². The van der Waals surface area contributed by atoms with Gasteiger partial charge in [-0.25, -0.2) is 4.79 Å². The van der Waals surface area contributed by atoms with E-state index in [4.69, 9.17) is 5.11 Å². The normalized spacial score (nSPS) is 18.1. The Labute approximate surface area is 122 Å². The Morgan fingerprint density at radius 2 is 1.81 bits per heavy atom. The van der Waals surface area contributed by atoms with E-state index in [1.807, 2.05) is 13.8 Å². The van der Waals surface area contributed by atoms with Gasteiger partial charge in [-0.2, -0.15) is 0 Å². The predicted octanol–water partition coefficient (Wildman–Crippen LogP) is 1.12. The van der Waals surface area contributed by atoms with Gasteiger partial charge in [-0.05, 0) is 44.5 Å². The van der Waals surface area contributed by atoms with Gasteiger partial charge in [-0.1, -0.05) is 0 Å². The lowest BCUT2D eigenvalue weighted by Gasteiger charge is -2.21. The molecule has 0 radical (unpaired) electrons. The fourth-order valence-corrected chi connectivity index (χ4v) is 2.35. The number of likely N-dealkylation sites (tertiary alicyclic amines) is 1. The molecule has 1 fully saturated rings. The van der Waals surface area contributed by atoms with E-state index in [9.17, 15) is 14.4 Å². The van der Waals surface area contributed by atoms with E-state index in [1.165, 1.54) is 24.3 Å². The summed E-state index contributed by atoms with van der Waals surface area (Å²) < 4.78 is 0. The predicted molar refractivity (Wildman–Crippen MR) is 76.1 cm³/mol. The molecule has 0 saturated carbocycles. The van der Waals surface area contributed by atoms with Crippen molar-refractivity contribution >= 4 is 17.8 Å². The van der Waals surface area contributed by atoms with Crippen LogP contribution in [-0.2, 0) is 4.79 Å². The molecule has 21 heavy (non-hydrogen) atoms. The van der Waals surface area contributed by atoms with Crippen LogP contribution in [0.25, 0.3) is 0 Å². The van der Waals surface area contributed by atoms with Gasteiger partial charge >= 0.3 is 5.97 Å². The van der Waals surface area contributed by atoms with Crippen molar-refractivity contribution in [2.24, 2.45) is 0 Å². The number of amides is 2. The van der Waals surface area contributed by atoms with Crippen molar-refractivity contribution in [3.8, 4) is 0 Å². The summed E-state index contributed by atoms with van der Waals surface area (Å²) >= 11 is 0. The molecule has 1 aliphatic heterocycles. The molecule has 2 rings (SSSR count). The van der Waals surface area contributed by atoms with Gasteiger partial charge in [0.15, 0.2) is 0 Å². The van der Waals surface area contributed by atoms with Crippen molar-refractivity contribution in [1.29, 1.82) is 0 Å². The van der Waals surface area contributed by atoms with Gasteiger partial charge in [0.1, 0.15) is 6.04 Å². The number of benzene rings is 1. The lowest BCUT2D eigenvalue weighted by molar-refractivity contribution is -0.130. The average molecular weight is 290 g/mol. The zero-order valence-electron chi connectivity index (χ0n) is 12.0. The first kappa shape index (κ1) is 15.0. The first-order valence-electron chi connectivity index (χ1n) is 6.85. The molecule has 112 valence electrons. The lowest BCUT2D eigenvalue weighted by Crippen LogP contribution is -2.43. The van der Waals surface area contributed by atoms with Crippen LogP contribution < -0.4 is 5.32 Å². The number of aromatic carboxylic acids is 1. The van der Waals surface area contributed by atoms with Gasteiger partial charge in [0, 0.05) is 18.2 Å². The SMILES string of the molecule is CC(C)N1CC[C@H](NC(=O)c2ccc(C(=O)O)cc2)C1=O. The molecule has 0 aliphatic carbocycles. The molecular weight excluding hydrogens is 272 g/mol. The van der Waals surface area contributed by atoms with Crippen LogP contribution in [0, 0.1) is 0 Å². The second-order valence-electron chi connectivity index (χ2n) is 5.32. The number of nitrogens with zero attached hydrogens (tertiary/aromatic N) is 1. The summed E-state index contributed by atoms with van der Waals surface area (Å²) in [5.41, 5.74) is 0.463.